The molecule has 1 amide bonds. The topological polar surface area (TPSA) is 47.6 Å². The van der Waals surface area contributed by atoms with Crippen LogP contribution in [0.25, 0.3) is 0 Å². The zero-order valence-electron chi connectivity index (χ0n) is 13.3. The zero-order valence-corrected chi connectivity index (χ0v) is 13.3. The Morgan fingerprint density at radius 2 is 2.09 bits per heavy atom. The molecule has 2 aliphatic rings. The number of benzene rings is 1. The Balaban J connectivity index is 1.52. The van der Waals surface area contributed by atoms with Gasteiger partial charge in [-0.05, 0) is 56.2 Å². The third kappa shape index (κ3) is 3.27. The fourth-order valence-corrected chi connectivity index (χ4v) is 3.23. The van der Waals surface area contributed by atoms with E-state index in [9.17, 15) is 4.79 Å². The molecule has 3 rings (SSSR count). The fourth-order valence-electron chi connectivity index (χ4n) is 3.23. The Morgan fingerprint density at radius 1 is 1.32 bits per heavy atom. The van der Waals surface area contributed by atoms with Crippen LogP contribution in [0.15, 0.2) is 24.3 Å². The van der Waals surface area contributed by atoms with Gasteiger partial charge in [0.25, 0.3) is 0 Å². The molecule has 1 aliphatic carbocycles. The van der Waals surface area contributed by atoms with Gasteiger partial charge in [-0.1, -0.05) is 12.1 Å². The third-order valence-electron chi connectivity index (χ3n) is 4.85. The minimum atomic E-state index is -0.306. The second-order valence-electron chi connectivity index (χ2n) is 6.34. The second kappa shape index (κ2) is 6.69. The number of hydrogen-bond acceptors (Lipinski definition) is 3. The summed E-state index contributed by atoms with van der Waals surface area (Å²) >= 11 is 0. The number of carbonyl (C=O) groups is 1. The van der Waals surface area contributed by atoms with E-state index in [1.807, 2.05) is 24.3 Å². The Morgan fingerprint density at radius 3 is 2.68 bits per heavy atom. The largest absolute Gasteiger partial charge is 0.497 e. The molecular weight excluding hydrogens is 278 g/mol. The van der Waals surface area contributed by atoms with Crippen LogP contribution in [0, 0.1) is 0 Å². The maximum absolute atomic E-state index is 12.5. The molecule has 0 aromatic heterocycles. The summed E-state index contributed by atoms with van der Waals surface area (Å²) in [6.07, 6.45) is 6.66. The SMILES string of the molecule is COc1ccc(C2(C(=O)NCC[C@H]3CCCCO3)CC2)cc1. The van der Waals surface area contributed by atoms with Gasteiger partial charge in [-0.3, -0.25) is 4.79 Å². The number of nitrogens with one attached hydrogen (secondary N) is 1. The van der Waals surface area contributed by atoms with Crippen molar-refractivity contribution >= 4 is 5.91 Å². The highest BCUT2D eigenvalue weighted by atomic mass is 16.5. The van der Waals surface area contributed by atoms with Crippen molar-refractivity contribution in [1.29, 1.82) is 0 Å². The number of hydrogen-bond donors (Lipinski definition) is 1. The molecule has 1 saturated heterocycles. The van der Waals surface area contributed by atoms with E-state index in [0.717, 1.165) is 43.6 Å². The van der Waals surface area contributed by atoms with Gasteiger partial charge in [0.15, 0.2) is 0 Å². The van der Waals surface area contributed by atoms with Crippen LogP contribution in [0.3, 0.4) is 0 Å². The first-order chi connectivity index (χ1) is 10.7. The van der Waals surface area contributed by atoms with E-state index in [0.29, 0.717) is 12.6 Å². The number of methoxy groups -OCH3 is 1. The van der Waals surface area contributed by atoms with Crippen LogP contribution < -0.4 is 10.1 Å². The lowest BCUT2D eigenvalue weighted by Gasteiger charge is -2.23. The summed E-state index contributed by atoms with van der Waals surface area (Å²) in [5.74, 6) is 0.989. The van der Waals surface area contributed by atoms with Gasteiger partial charge in [0, 0.05) is 13.2 Å². The Hall–Kier alpha value is -1.55. The molecule has 0 bridgehead atoms. The molecule has 1 atom stereocenters. The molecule has 1 heterocycles. The average Bonchev–Trinajstić information content (AvgIpc) is 3.38. The predicted molar refractivity (Wildman–Crippen MR) is 85.1 cm³/mol. The van der Waals surface area contributed by atoms with Gasteiger partial charge in [0.2, 0.25) is 5.91 Å². The molecule has 22 heavy (non-hydrogen) atoms. The van der Waals surface area contributed by atoms with E-state index in [4.69, 9.17) is 9.47 Å². The molecule has 1 N–H and O–H groups in total. The van der Waals surface area contributed by atoms with E-state index >= 15 is 0 Å². The second-order valence-corrected chi connectivity index (χ2v) is 6.34. The standard InChI is InChI=1S/C18H25NO3/c1-21-15-7-5-14(6-8-15)18(10-11-18)17(20)19-12-9-16-4-2-3-13-22-16/h5-8,16H,2-4,9-13H2,1H3,(H,19,20)/t16-/m1/s1. The van der Waals surface area contributed by atoms with Crippen LogP contribution in [0.1, 0.15) is 44.1 Å². The Bertz CT molecular complexity index is 502. The Labute approximate surface area is 132 Å². The fraction of sp³-hybridized carbons (Fsp3) is 0.611. The highest BCUT2D eigenvalue weighted by Crippen LogP contribution is 2.48. The smallest absolute Gasteiger partial charge is 0.230 e. The summed E-state index contributed by atoms with van der Waals surface area (Å²) in [6.45, 7) is 1.58. The molecule has 1 aromatic carbocycles. The molecule has 2 fully saturated rings. The predicted octanol–water partition coefficient (Wildman–Crippen LogP) is 2.80. The first kappa shape index (κ1) is 15.3. The molecule has 4 nitrogen and oxygen atoms in total. The van der Waals surface area contributed by atoms with E-state index in [1.165, 1.54) is 12.8 Å². The van der Waals surface area contributed by atoms with Crippen molar-refractivity contribution in [2.45, 2.75) is 50.0 Å². The van der Waals surface area contributed by atoms with E-state index in [-0.39, 0.29) is 11.3 Å². The first-order valence-corrected chi connectivity index (χ1v) is 8.29. The van der Waals surface area contributed by atoms with Crippen LogP contribution in [0.4, 0.5) is 0 Å². The molecule has 0 unspecified atom stereocenters. The maximum atomic E-state index is 12.5. The third-order valence-corrected chi connectivity index (χ3v) is 4.85. The lowest BCUT2D eigenvalue weighted by Crippen LogP contribution is -2.37. The molecule has 0 radical (unpaired) electrons. The van der Waals surface area contributed by atoms with Gasteiger partial charge >= 0.3 is 0 Å². The maximum Gasteiger partial charge on any atom is 0.230 e. The number of ether oxygens (including phenoxy) is 2. The summed E-state index contributed by atoms with van der Waals surface area (Å²) < 4.78 is 10.9. The minimum Gasteiger partial charge on any atom is -0.497 e. The van der Waals surface area contributed by atoms with Crippen molar-refractivity contribution in [2.75, 3.05) is 20.3 Å². The van der Waals surface area contributed by atoms with Crippen LogP contribution in [-0.4, -0.2) is 32.3 Å². The summed E-state index contributed by atoms with van der Waals surface area (Å²) in [5, 5.41) is 3.11. The van der Waals surface area contributed by atoms with E-state index in [2.05, 4.69) is 5.32 Å². The van der Waals surface area contributed by atoms with Crippen molar-refractivity contribution in [2.24, 2.45) is 0 Å². The summed E-state index contributed by atoms with van der Waals surface area (Å²) in [4.78, 5) is 12.5. The molecule has 1 saturated carbocycles. The zero-order chi connectivity index (χ0) is 15.4. The highest BCUT2D eigenvalue weighted by Gasteiger charge is 2.51. The molecule has 0 spiro atoms. The van der Waals surface area contributed by atoms with E-state index in [1.54, 1.807) is 7.11 Å². The van der Waals surface area contributed by atoms with Crippen LogP contribution in [0.5, 0.6) is 5.75 Å². The van der Waals surface area contributed by atoms with Crippen molar-refractivity contribution in [3.63, 3.8) is 0 Å². The number of amides is 1. The lowest BCUT2D eigenvalue weighted by atomic mass is 9.94. The summed E-state index contributed by atoms with van der Waals surface area (Å²) in [7, 11) is 1.65. The molecule has 120 valence electrons. The monoisotopic (exact) mass is 303 g/mol. The van der Waals surface area contributed by atoms with Crippen molar-refractivity contribution in [3.8, 4) is 5.75 Å². The summed E-state index contributed by atoms with van der Waals surface area (Å²) in [6, 6.07) is 7.88. The van der Waals surface area contributed by atoms with Gasteiger partial charge in [-0.2, -0.15) is 0 Å². The van der Waals surface area contributed by atoms with Crippen molar-refractivity contribution in [1.82, 2.24) is 5.32 Å². The van der Waals surface area contributed by atoms with Crippen molar-refractivity contribution < 1.29 is 14.3 Å². The molecule has 1 aromatic rings. The molecular formula is C18H25NO3. The highest BCUT2D eigenvalue weighted by molar-refractivity contribution is 5.91. The number of carbonyl (C=O) groups excluding carboxylic acids is 1. The quantitative estimate of drug-likeness (QED) is 0.879. The van der Waals surface area contributed by atoms with Crippen LogP contribution >= 0.6 is 0 Å². The molecule has 4 heteroatoms. The van der Waals surface area contributed by atoms with Gasteiger partial charge < -0.3 is 14.8 Å². The van der Waals surface area contributed by atoms with Gasteiger partial charge in [0.05, 0.1) is 18.6 Å². The lowest BCUT2D eigenvalue weighted by molar-refractivity contribution is -0.123. The average molecular weight is 303 g/mol. The van der Waals surface area contributed by atoms with Crippen molar-refractivity contribution in [3.05, 3.63) is 29.8 Å². The van der Waals surface area contributed by atoms with Crippen LogP contribution in [0.2, 0.25) is 0 Å². The summed E-state index contributed by atoms with van der Waals surface area (Å²) in [5.41, 5.74) is 0.791. The van der Waals surface area contributed by atoms with Gasteiger partial charge in [-0.15, -0.1) is 0 Å². The molecule has 1 aliphatic heterocycles. The first-order valence-electron chi connectivity index (χ1n) is 8.29. The number of rotatable bonds is 6. The van der Waals surface area contributed by atoms with Gasteiger partial charge in [0.1, 0.15) is 5.75 Å². The van der Waals surface area contributed by atoms with E-state index < -0.39 is 0 Å². The minimum absolute atomic E-state index is 0.161. The Kier molecular flexibility index (Phi) is 4.67. The van der Waals surface area contributed by atoms with Crippen LogP contribution in [-0.2, 0) is 14.9 Å². The van der Waals surface area contributed by atoms with Gasteiger partial charge in [-0.25, -0.2) is 0 Å². The normalized spacial score (nSPS) is 22.9.